The lowest BCUT2D eigenvalue weighted by Crippen LogP contribution is -2.36. The predicted octanol–water partition coefficient (Wildman–Crippen LogP) is 2.94. The van der Waals surface area contributed by atoms with Crippen LogP contribution in [0.4, 0.5) is 0 Å². The SMILES string of the molecule is COc1ccc(CN(CC2CC2)C[C@H](O)COCC(C)C)cc1. The van der Waals surface area contributed by atoms with E-state index < -0.39 is 6.10 Å². The van der Waals surface area contributed by atoms with E-state index in [4.69, 9.17) is 9.47 Å². The van der Waals surface area contributed by atoms with Crippen LogP contribution in [-0.4, -0.2) is 49.5 Å². The molecule has 0 amide bonds. The van der Waals surface area contributed by atoms with E-state index in [-0.39, 0.29) is 0 Å². The molecule has 0 spiro atoms. The van der Waals surface area contributed by atoms with Crippen molar-refractivity contribution in [3.05, 3.63) is 29.8 Å². The molecule has 0 heterocycles. The maximum atomic E-state index is 10.2. The maximum Gasteiger partial charge on any atom is 0.118 e. The Labute approximate surface area is 140 Å². The van der Waals surface area contributed by atoms with Crippen LogP contribution in [0.1, 0.15) is 32.3 Å². The van der Waals surface area contributed by atoms with Crippen LogP contribution in [0.3, 0.4) is 0 Å². The third-order valence-electron chi connectivity index (χ3n) is 4.01. The first kappa shape index (κ1) is 18.2. The summed E-state index contributed by atoms with van der Waals surface area (Å²) in [6, 6.07) is 8.18. The second-order valence-electron chi connectivity index (χ2n) is 7.07. The summed E-state index contributed by atoms with van der Waals surface area (Å²) in [5, 5.41) is 10.2. The molecule has 1 fully saturated rings. The average Bonchev–Trinajstić information content (AvgIpc) is 3.31. The monoisotopic (exact) mass is 321 g/mol. The second kappa shape index (κ2) is 9.26. The van der Waals surface area contributed by atoms with E-state index in [1.54, 1.807) is 7.11 Å². The summed E-state index contributed by atoms with van der Waals surface area (Å²) in [6.07, 6.45) is 2.21. The molecular weight excluding hydrogens is 290 g/mol. The van der Waals surface area contributed by atoms with Gasteiger partial charge in [-0.1, -0.05) is 26.0 Å². The Hall–Kier alpha value is -1.10. The highest BCUT2D eigenvalue weighted by Gasteiger charge is 2.25. The predicted molar refractivity (Wildman–Crippen MR) is 92.7 cm³/mol. The molecule has 4 nitrogen and oxygen atoms in total. The molecule has 0 aromatic heterocycles. The lowest BCUT2D eigenvalue weighted by atomic mass is 10.2. The molecule has 0 radical (unpaired) electrons. The van der Waals surface area contributed by atoms with Gasteiger partial charge in [0, 0.05) is 26.2 Å². The quantitative estimate of drug-likeness (QED) is 0.680. The maximum absolute atomic E-state index is 10.2. The molecule has 0 aliphatic heterocycles. The fourth-order valence-corrected chi connectivity index (χ4v) is 2.65. The Morgan fingerprint density at radius 2 is 1.87 bits per heavy atom. The van der Waals surface area contributed by atoms with Gasteiger partial charge in [-0.25, -0.2) is 0 Å². The minimum absolute atomic E-state index is 0.419. The van der Waals surface area contributed by atoms with Crippen molar-refractivity contribution < 1.29 is 14.6 Å². The largest absolute Gasteiger partial charge is 0.497 e. The normalized spacial score (nSPS) is 16.1. The van der Waals surface area contributed by atoms with Crippen LogP contribution >= 0.6 is 0 Å². The molecule has 1 aliphatic carbocycles. The highest BCUT2D eigenvalue weighted by molar-refractivity contribution is 5.27. The summed E-state index contributed by atoms with van der Waals surface area (Å²) >= 11 is 0. The third kappa shape index (κ3) is 7.34. The highest BCUT2D eigenvalue weighted by atomic mass is 16.5. The molecule has 23 heavy (non-hydrogen) atoms. The molecule has 1 saturated carbocycles. The van der Waals surface area contributed by atoms with E-state index in [1.807, 2.05) is 12.1 Å². The summed E-state index contributed by atoms with van der Waals surface area (Å²) in [7, 11) is 1.68. The van der Waals surface area contributed by atoms with E-state index in [0.29, 0.717) is 25.7 Å². The number of aliphatic hydroxyl groups excluding tert-OH is 1. The molecule has 0 saturated heterocycles. The standard InChI is InChI=1S/C19H31NO3/c1-15(2)13-23-14-18(21)12-20(10-16-4-5-16)11-17-6-8-19(22-3)9-7-17/h6-9,15-16,18,21H,4-5,10-14H2,1-3H3/t18-/m0/s1. The van der Waals surface area contributed by atoms with Crippen molar-refractivity contribution in [2.45, 2.75) is 39.3 Å². The fourth-order valence-electron chi connectivity index (χ4n) is 2.65. The van der Waals surface area contributed by atoms with Gasteiger partial charge in [0.05, 0.1) is 19.8 Å². The molecule has 4 heteroatoms. The van der Waals surface area contributed by atoms with Gasteiger partial charge in [0.1, 0.15) is 5.75 Å². The van der Waals surface area contributed by atoms with Crippen molar-refractivity contribution >= 4 is 0 Å². The molecule has 1 atom stereocenters. The van der Waals surface area contributed by atoms with E-state index in [1.165, 1.54) is 18.4 Å². The van der Waals surface area contributed by atoms with Crippen LogP contribution in [0, 0.1) is 11.8 Å². The first-order valence-electron chi connectivity index (χ1n) is 8.68. The lowest BCUT2D eigenvalue weighted by molar-refractivity contribution is 0.00620. The van der Waals surface area contributed by atoms with Crippen LogP contribution in [0.2, 0.25) is 0 Å². The topological polar surface area (TPSA) is 41.9 Å². The van der Waals surface area contributed by atoms with Crippen molar-refractivity contribution in [1.29, 1.82) is 0 Å². The van der Waals surface area contributed by atoms with Crippen LogP contribution in [0.15, 0.2) is 24.3 Å². The number of ether oxygens (including phenoxy) is 2. The molecule has 0 bridgehead atoms. The molecule has 0 unspecified atom stereocenters. The number of methoxy groups -OCH3 is 1. The summed E-state index contributed by atoms with van der Waals surface area (Å²) in [6.45, 7) is 7.96. The Balaban J connectivity index is 1.82. The van der Waals surface area contributed by atoms with Crippen LogP contribution in [0.5, 0.6) is 5.75 Å². The van der Waals surface area contributed by atoms with Crippen LogP contribution < -0.4 is 4.74 Å². The second-order valence-corrected chi connectivity index (χ2v) is 7.07. The van der Waals surface area contributed by atoms with E-state index in [2.05, 4.69) is 30.9 Å². The number of rotatable bonds is 11. The molecule has 2 rings (SSSR count). The molecule has 130 valence electrons. The van der Waals surface area contributed by atoms with Crippen LogP contribution in [-0.2, 0) is 11.3 Å². The lowest BCUT2D eigenvalue weighted by Gasteiger charge is -2.25. The summed E-state index contributed by atoms with van der Waals surface area (Å²) in [4.78, 5) is 2.35. The van der Waals surface area contributed by atoms with Gasteiger partial charge in [-0.3, -0.25) is 4.90 Å². The minimum atomic E-state index is -0.425. The Bertz CT molecular complexity index is 442. The van der Waals surface area contributed by atoms with Gasteiger partial charge < -0.3 is 14.6 Å². The van der Waals surface area contributed by atoms with E-state index in [0.717, 1.165) is 24.8 Å². The zero-order valence-corrected chi connectivity index (χ0v) is 14.7. The van der Waals surface area contributed by atoms with Crippen molar-refractivity contribution in [2.75, 3.05) is 33.4 Å². The molecule has 1 aliphatic rings. The zero-order chi connectivity index (χ0) is 16.7. The van der Waals surface area contributed by atoms with E-state index in [9.17, 15) is 5.11 Å². The Morgan fingerprint density at radius 1 is 1.17 bits per heavy atom. The number of aliphatic hydroxyl groups is 1. The van der Waals surface area contributed by atoms with Crippen molar-refractivity contribution in [2.24, 2.45) is 11.8 Å². The van der Waals surface area contributed by atoms with Gasteiger partial charge >= 0.3 is 0 Å². The number of hydrogen-bond acceptors (Lipinski definition) is 4. The number of nitrogens with zero attached hydrogens (tertiary/aromatic N) is 1. The number of hydrogen-bond donors (Lipinski definition) is 1. The smallest absolute Gasteiger partial charge is 0.118 e. The summed E-state index contributed by atoms with van der Waals surface area (Å²) in [5.41, 5.74) is 1.25. The molecule has 1 aromatic carbocycles. The first-order chi connectivity index (χ1) is 11.1. The summed E-state index contributed by atoms with van der Waals surface area (Å²) < 4.78 is 10.8. The third-order valence-corrected chi connectivity index (χ3v) is 4.01. The molecular formula is C19H31NO3. The van der Waals surface area contributed by atoms with Gasteiger partial charge in [-0.15, -0.1) is 0 Å². The van der Waals surface area contributed by atoms with Crippen LogP contribution in [0.25, 0.3) is 0 Å². The van der Waals surface area contributed by atoms with Gasteiger partial charge in [0.15, 0.2) is 0 Å². The highest BCUT2D eigenvalue weighted by Crippen LogP contribution is 2.30. The van der Waals surface area contributed by atoms with Gasteiger partial charge in [-0.2, -0.15) is 0 Å². The molecule has 1 aromatic rings. The zero-order valence-electron chi connectivity index (χ0n) is 14.7. The molecule has 1 N–H and O–H groups in total. The van der Waals surface area contributed by atoms with Gasteiger partial charge in [0.25, 0.3) is 0 Å². The van der Waals surface area contributed by atoms with Crippen molar-refractivity contribution in [3.8, 4) is 5.75 Å². The van der Waals surface area contributed by atoms with Crippen molar-refractivity contribution in [1.82, 2.24) is 4.90 Å². The summed E-state index contributed by atoms with van der Waals surface area (Å²) in [5.74, 6) is 2.19. The first-order valence-corrected chi connectivity index (χ1v) is 8.68. The minimum Gasteiger partial charge on any atom is -0.497 e. The van der Waals surface area contributed by atoms with E-state index >= 15 is 0 Å². The van der Waals surface area contributed by atoms with Gasteiger partial charge in [-0.05, 0) is 42.4 Å². The van der Waals surface area contributed by atoms with Crippen molar-refractivity contribution in [3.63, 3.8) is 0 Å². The Kier molecular flexibility index (Phi) is 7.34. The fraction of sp³-hybridized carbons (Fsp3) is 0.684. The number of benzene rings is 1. The van der Waals surface area contributed by atoms with Gasteiger partial charge in [0.2, 0.25) is 0 Å². The Morgan fingerprint density at radius 3 is 2.43 bits per heavy atom. The average molecular weight is 321 g/mol.